The molecular weight excluding hydrogens is 233 g/mol. The lowest BCUT2D eigenvalue weighted by molar-refractivity contribution is 0.538. The predicted molar refractivity (Wildman–Crippen MR) is 64.6 cm³/mol. The average molecular weight is 250 g/mol. The Morgan fingerprint density at radius 2 is 2.20 bits per heavy atom. The van der Waals surface area contributed by atoms with Crippen LogP contribution in [-0.4, -0.2) is 21.7 Å². The summed E-state index contributed by atoms with van der Waals surface area (Å²) >= 11 is 11.9. The fraction of sp³-hybridized carbons (Fsp3) is 0.700. The van der Waals surface area contributed by atoms with Crippen LogP contribution >= 0.6 is 23.2 Å². The van der Waals surface area contributed by atoms with Gasteiger partial charge in [0.15, 0.2) is 0 Å². The van der Waals surface area contributed by atoms with E-state index in [1.165, 1.54) is 0 Å². The third kappa shape index (κ3) is 3.10. The standard InChI is InChI=1S/C10H17Cl2N3/c1-4-8(5-11)13-6-9-7(2)14-15(3)10(9)12/h8,13H,4-6H2,1-3H3. The lowest BCUT2D eigenvalue weighted by Crippen LogP contribution is -2.29. The van der Waals surface area contributed by atoms with Crippen molar-refractivity contribution in [2.45, 2.75) is 32.9 Å². The molecule has 0 saturated carbocycles. The van der Waals surface area contributed by atoms with Crippen molar-refractivity contribution in [2.75, 3.05) is 5.88 Å². The van der Waals surface area contributed by atoms with Crippen molar-refractivity contribution in [1.29, 1.82) is 0 Å². The Labute approximate surface area is 101 Å². The summed E-state index contributed by atoms with van der Waals surface area (Å²) in [5, 5.41) is 8.31. The van der Waals surface area contributed by atoms with E-state index in [2.05, 4.69) is 17.3 Å². The quantitative estimate of drug-likeness (QED) is 0.813. The molecule has 0 spiro atoms. The second-order valence-corrected chi connectivity index (χ2v) is 4.29. The maximum Gasteiger partial charge on any atom is 0.131 e. The topological polar surface area (TPSA) is 29.9 Å². The second-order valence-electron chi connectivity index (χ2n) is 3.62. The molecule has 1 rings (SSSR count). The van der Waals surface area contributed by atoms with Crippen molar-refractivity contribution in [2.24, 2.45) is 7.05 Å². The summed E-state index contributed by atoms with van der Waals surface area (Å²) in [4.78, 5) is 0. The monoisotopic (exact) mass is 249 g/mol. The van der Waals surface area contributed by atoms with Crippen LogP contribution in [0, 0.1) is 6.92 Å². The van der Waals surface area contributed by atoms with E-state index in [4.69, 9.17) is 23.2 Å². The predicted octanol–water partition coefficient (Wildman–Crippen LogP) is 2.49. The number of hydrogen-bond acceptors (Lipinski definition) is 2. The number of hydrogen-bond donors (Lipinski definition) is 1. The van der Waals surface area contributed by atoms with Gasteiger partial charge in [-0.25, -0.2) is 0 Å². The van der Waals surface area contributed by atoms with Gasteiger partial charge in [0.1, 0.15) is 5.15 Å². The van der Waals surface area contributed by atoms with Crippen molar-refractivity contribution in [3.63, 3.8) is 0 Å². The molecule has 0 saturated heterocycles. The van der Waals surface area contributed by atoms with E-state index in [0.717, 1.165) is 24.2 Å². The molecule has 3 nitrogen and oxygen atoms in total. The van der Waals surface area contributed by atoms with Gasteiger partial charge in [0.25, 0.3) is 0 Å². The first-order chi connectivity index (χ1) is 7.10. The van der Waals surface area contributed by atoms with Crippen molar-refractivity contribution >= 4 is 23.2 Å². The van der Waals surface area contributed by atoms with Gasteiger partial charge in [0.2, 0.25) is 0 Å². The maximum absolute atomic E-state index is 6.11. The Hall–Kier alpha value is -0.250. The van der Waals surface area contributed by atoms with Gasteiger partial charge in [0.05, 0.1) is 5.69 Å². The third-order valence-corrected chi connectivity index (χ3v) is 3.36. The Bertz CT molecular complexity index is 319. The Morgan fingerprint density at radius 3 is 2.60 bits per heavy atom. The minimum atomic E-state index is 0.335. The molecule has 0 bridgehead atoms. The van der Waals surface area contributed by atoms with E-state index in [1.54, 1.807) is 4.68 Å². The summed E-state index contributed by atoms with van der Waals surface area (Å²) in [5.41, 5.74) is 2.03. The number of halogens is 2. The highest BCUT2D eigenvalue weighted by molar-refractivity contribution is 6.30. The van der Waals surface area contributed by atoms with E-state index in [-0.39, 0.29) is 0 Å². The molecule has 15 heavy (non-hydrogen) atoms. The largest absolute Gasteiger partial charge is 0.309 e. The van der Waals surface area contributed by atoms with Gasteiger partial charge in [-0.15, -0.1) is 11.6 Å². The van der Waals surface area contributed by atoms with E-state index in [0.29, 0.717) is 17.1 Å². The summed E-state index contributed by atoms with van der Waals surface area (Å²) in [6.45, 7) is 4.80. The Kier molecular flexibility index (Phi) is 4.90. The van der Waals surface area contributed by atoms with Crippen molar-refractivity contribution in [3.05, 3.63) is 16.4 Å². The molecule has 0 aliphatic carbocycles. The van der Waals surface area contributed by atoms with Crippen LogP contribution in [0.4, 0.5) is 0 Å². The van der Waals surface area contributed by atoms with Crippen LogP contribution < -0.4 is 5.32 Å². The number of nitrogens with zero attached hydrogens (tertiary/aromatic N) is 2. The zero-order valence-electron chi connectivity index (χ0n) is 9.35. The molecule has 0 aromatic carbocycles. The summed E-state index contributed by atoms with van der Waals surface area (Å²) in [7, 11) is 1.84. The number of aryl methyl sites for hydroxylation is 2. The fourth-order valence-corrected chi connectivity index (χ4v) is 2.00. The lowest BCUT2D eigenvalue weighted by atomic mass is 10.2. The summed E-state index contributed by atoms with van der Waals surface area (Å²) < 4.78 is 1.69. The fourth-order valence-electron chi connectivity index (χ4n) is 1.43. The van der Waals surface area contributed by atoms with Crippen LogP contribution in [0.3, 0.4) is 0 Å². The first kappa shape index (κ1) is 12.8. The van der Waals surface area contributed by atoms with Crippen LogP contribution in [0.15, 0.2) is 0 Å². The molecule has 0 aliphatic rings. The van der Waals surface area contributed by atoms with Gasteiger partial charge in [-0.3, -0.25) is 4.68 Å². The van der Waals surface area contributed by atoms with Gasteiger partial charge in [0, 0.05) is 31.1 Å². The van der Waals surface area contributed by atoms with Crippen LogP contribution in [-0.2, 0) is 13.6 Å². The lowest BCUT2D eigenvalue weighted by Gasteiger charge is -2.13. The minimum Gasteiger partial charge on any atom is -0.309 e. The van der Waals surface area contributed by atoms with Crippen molar-refractivity contribution in [3.8, 4) is 0 Å². The van der Waals surface area contributed by atoms with E-state index in [1.807, 2.05) is 14.0 Å². The highest BCUT2D eigenvalue weighted by Gasteiger charge is 2.12. The number of nitrogens with one attached hydrogen (secondary N) is 1. The number of aromatic nitrogens is 2. The second kappa shape index (κ2) is 5.73. The molecule has 86 valence electrons. The van der Waals surface area contributed by atoms with E-state index in [9.17, 15) is 0 Å². The molecule has 0 aliphatic heterocycles. The summed E-state index contributed by atoms with van der Waals surface area (Å²) in [6, 6.07) is 0.335. The summed E-state index contributed by atoms with van der Waals surface area (Å²) in [5.74, 6) is 0.618. The van der Waals surface area contributed by atoms with E-state index < -0.39 is 0 Å². The molecule has 1 heterocycles. The van der Waals surface area contributed by atoms with Crippen LogP contribution in [0.5, 0.6) is 0 Å². The third-order valence-electron chi connectivity index (χ3n) is 2.52. The first-order valence-electron chi connectivity index (χ1n) is 5.07. The molecule has 1 aromatic rings. The molecule has 1 atom stereocenters. The number of rotatable bonds is 5. The normalized spacial score (nSPS) is 13.1. The van der Waals surface area contributed by atoms with Crippen molar-refractivity contribution in [1.82, 2.24) is 15.1 Å². The molecule has 5 heteroatoms. The molecule has 0 amide bonds. The molecule has 1 N–H and O–H groups in total. The Balaban J connectivity index is 2.64. The average Bonchev–Trinajstić information content (AvgIpc) is 2.45. The number of alkyl halides is 1. The molecule has 0 fully saturated rings. The SMILES string of the molecule is CCC(CCl)NCc1c(C)nn(C)c1Cl. The van der Waals surface area contributed by atoms with Gasteiger partial charge < -0.3 is 5.32 Å². The Morgan fingerprint density at radius 1 is 1.53 bits per heavy atom. The van der Waals surface area contributed by atoms with Gasteiger partial charge in [-0.2, -0.15) is 5.10 Å². The van der Waals surface area contributed by atoms with Crippen LogP contribution in [0.25, 0.3) is 0 Å². The molecule has 1 aromatic heterocycles. The highest BCUT2D eigenvalue weighted by atomic mass is 35.5. The minimum absolute atomic E-state index is 0.335. The van der Waals surface area contributed by atoms with Gasteiger partial charge >= 0.3 is 0 Å². The van der Waals surface area contributed by atoms with Crippen molar-refractivity contribution < 1.29 is 0 Å². The first-order valence-corrected chi connectivity index (χ1v) is 5.98. The smallest absolute Gasteiger partial charge is 0.131 e. The maximum atomic E-state index is 6.11. The van der Waals surface area contributed by atoms with Crippen LogP contribution in [0.2, 0.25) is 5.15 Å². The zero-order chi connectivity index (χ0) is 11.4. The van der Waals surface area contributed by atoms with Gasteiger partial charge in [-0.05, 0) is 13.3 Å². The zero-order valence-corrected chi connectivity index (χ0v) is 10.9. The van der Waals surface area contributed by atoms with Crippen LogP contribution in [0.1, 0.15) is 24.6 Å². The van der Waals surface area contributed by atoms with Gasteiger partial charge in [-0.1, -0.05) is 18.5 Å². The molecule has 1 unspecified atom stereocenters. The molecular formula is C10H17Cl2N3. The van der Waals surface area contributed by atoms with E-state index >= 15 is 0 Å². The highest BCUT2D eigenvalue weighted by Crippen LogP contribution is 2.18. The summed E-state index contributed by atoms with van der Waals surface area (Å²) in [6.07, 6.45) is 1.01. The molecule has 0 radical (unpaired) electrons.